The minimum Gasteiger partial charge on any atom is -0.371 e. The van der Waals surface area contributed by atoms with Gasteiger partial charge < -0.3 is 15.4 Å². The summed E-state index contributed by atoms with van der Waals surface area (Å²) in [6.07, 6.45) is 6.59. The highest BCUT2D eigenvalue weighted by atomic mass is 127. The van der Waals surface area contributed by atoms with Gasteiger partial charge in [0, 0.05) is 12.6 Å². The van der Waals surface area contributed by atoms with Gasteiger partial charge in [-0.2, -0.15) is 0 Å². The van der Waals surface area contributed by atoms with E-state index < -0.39 is 0 Å². The molecule has 0 heterocycles. The number of halogens is 1. The predicted molar refractivity (Wildman–Crippen MR) is 117 cm³/mol. The molecule has 1 aliphatic rings. The maximum Gasteiger partial charge on any atom is 0.191 e. The Labute approximate surface area is 169 Å². The molecule has 1 aromatic rings. The smallest absolute Gasteiger partial charge is 0.191 e. The highest BCUT2D eigenvalue weighted by molar-refractivity contribution is 14.0. The fraction of sp³-hybridized carbons (Fsp3) is 0.550. The van der Waals surface area contributed by atoms with Crippen LogP contribution in [-0.4, -0.2) is 24.1 Å². The lowest BCUT2D eigenvalue weighted by atomic mass is 10.1. The lowest BCUT2D eigenvalue weighted by molar-refractivity contribution is -0.0149. The van der Waals surface area contributed by atoms with E-state index in [1.807, 2.05) is 0 Å². The van der Waals surface area contributed by atoms with Crippen LogP contribution in [0.5, 0.6) is 0 Å². The molecule has 2 N–H and O–H groups in total. The Bertz CT molecular complexity index is 571. The standard InChI is InChI=1S/C20H31N3O.HI/c1-5-21-19(23-18-11-6-7-12-18)22-14-16-9-8-10-17(13-16)15-24-20(2,3)4;/h6-10,13,18H,5,11-12,14-15H2,1-4H3,(H2,21,22,23);1H. The highest BCUT2D eigenvalue weighted by Gasteiger charge is 2.12. The first kappa shape index (κ1) is 22.0. The van der Waals surface area contributed by atoms with Crippen LogP contribution < -0.4 is 10.6 Å². The summed E-state index contributed by atoms with van der Waals surface area (Å²) in [5.41, 5.74) is 2.27. The zero-order valence-corrected chi connectivity index (χ0v) is 18.2. The summed E-state index contributed by atoms with van der Waals surface area (Å²) in [6, 6.07) is 8.94. The van der Waals surface area contributed by atoms with E-state index in [1.165, 1.54) is 11.1 Å². The zero-order chi connectivity index (χ0) is 17.4. The van der Waals surface area contributed by atoms with Crippen molar-refractivity contribution in [2.75, 3.05) is 6.54 Å². The molecular formula is C20H32IN3O. The molecule has 0 radical (unpaired) electrons. The maximum atomic E-state index is 5.86. The minimum atomic E-state index is -0.119. The van der Waals surface area contributed by atoms with Crippen molar-refractivity contribution in [1.82, 2.24) is 10.6 Å². The third-order valence-corrected chi connectivity index (χ3v) is 3.78. The predicted octanol–water partition coefficient (Wildman–Crippen LogP) is 4.39. The quantitative estimate of drug-likeness (QED) is 0.288. The molecule has 5 heteroatoms. The number of hydrogen-bond donors (Lipinski definition) is 2. The Balaban J connectivity index is 0.00000312. The number of hydrogen-bond acceptors (Lipinski definition) is 2. The average molecular weight is 457 g/mol. The largest absolute Gasteiger partial charge is 0.371 e. The van der Waals surface area contributed by atoms with Crippen molar-refractivity contribution in [2.45, 2.75) is 65.3 Å². The summed E-state index contributed by atoms with van der Waals surface area (Å²) in [4.78, 5) is 4.72. The average Bonchev–Trinajstić information content (AvgIpc) is 3.04. The minimum absolute atomic E-state index is 0. The molecule has 2 rings (SSSR count). The maximum absolute atomic E-state index is 5.86. The summed E-state index contributed by atoms with van der Waals surface area (Å²) < 4.78 is 5.86. The van der Waals surface area contributed by atoms with E-state index in [1.54, 1.807) is 0 Å². The monoisotopic (exact) mass is 457 g/mol. The summed E-state index contributed by atoms with van der Waals surface area (Å²) in [7, 11) is 0. The van der Waals surface area contributed by atoms with Crippen LogP contribution in [-0.2, 0) is 17.9 Å². The zero-order valence-electron chi connectivity index (χ0n) is 15.8. The van der Waals surface area contributed by atoms with Crippen molar-refractivity contribution in [3.05, 3.63) is 47.5 Å². The molecule has 1 aliphatic carbocycles. The number of guanidine groups is 1. The first-order valence-electron chi connectivity index (χ1n) is 8.88. The van der Waals surface area contributed by atoms with Gasteiger partial charge in [0.05, 0.1) is 18.8 Å². The number of nitrogens with one attached hydrogen (secondary N) is 2. The summed E-state index contributed by atoms with van der Waals surface area (Å²) in [6.45, 7) is 10.5. The molecule has 140 valence electrons. The Kier molecular flexibility index (Phi) is 9.50. The molecule has 1 aromatic carbocycles. The number of ether oxygens (including phenoxy) is 1. The Morgan fingerprint density at radius 2 is 1.88 bits per heavy atom. The van der Waals surface area contributed by atoms with Gasteiger partial charge in [-0.3, -0.25) is 0 Å². The van der Waals surface area contributed by atoms with Crippen LogP contribution in [0.4, 0.5) is 0 Å². The molecule has 25 heavy (non-hydrogen) atoms. The first-order valence-corrected chi connectivity index (χ1v) is 8.88. The van der Waals surface area contributed by atoms with Gasteiger partial charge in [-0.25, -0.2) is 4.99 Å². The molecule has 0 saturated carbocycles. The summed E-state index contributed by atoms with van der Waals surface area (Å²) >= 11 is 0. The third kappa shape index (κ3) is 8.72. The normalized spacial score (nSPS) is 15.1. The van der Waals surface area contributed by atoms with Crippen molar-refractivity contribution < 1.29 is 4.74 Å². The van der Waals surface area contributed by atoms with Gasteiger partial charge in [-0.15, -0.1) is 24.0 Å². The van der Waals surface area contributed by atoms with Gasteiger partial charge in [0.25, 0.3) is 0 Å². The topological polar surface area (TPSA) is 45.7 Å². The van der Waals surface area contributed by atoms with Crippen LogP contribution in [0.15, 0.2) is 41.4 Å². The van der Waals surface area contributed by atoms with E-state index >= 15 is 0 Å². The second-order valence-corrected chi connectivity index (χ2v) is 7.20. The molecule has 0 saturated heterocycles. The molecule has 0 unspecified atom stereocenters. The van der Waals surface area contributed by atoms with E-state index in [0.717, 1.165) is 25.3 Å². The molecule has 4 nitrogen and oxygen atoms in total. The molecule has 0 bridgehead atoms. The van der Waals surface area contributed by atoms with Crippen molar-refractivity contribution in [1.29, 1.82) is 0 Å². The van der Waals surface area contributed by atoms with Crippen molar-refractivity contribution in [3.8, 4) is 0 Å². The molecule has 0 spiro atoms. The van der Waals surface area contributed by atoms with Crippen LogP contribution in [0.1, 0.15) is 51.7 Å². The van der Waals surface area contributed by atoms with Crippen LogP contribution in [0, 0.1) is 0 Å². The van der Waals surface area contributed by atoms with Gasteiger partial charge in [0.1, 0.15) is 0 Å². The van der Waals surface area contributed by atoms with Crippen molar-refractivity contribution >= 4 is 29.9 Å². The van der Waals surface area contributed by atoms with Gasteiger partial charge >= 0.3 is 0 Å². The van der Waals surface area contributed by atoms with Crippen LogP contribution >= 0.6 is 24.0 Å². The van der Waals surface area contributed by atoms with Crippen LogP contribution in [0.3, 0.4) is 0 Å². The number of rotatable bonds is 6. The van der Waals surface area contributed by atoms with Crippen molar-refractivity contribution in [3.63, 3.8) is 0 Å². The second kappa shape index (κ2) is 10.8. The van der Waals surface area contributed by atoms with E-state index in [0.29, 0.717) is 19.2 Å². The Morgan fingerprint density at radius 3 is 2.52 bits per heavy atom. The van der Waals surface area contributed by atoms with Gasteiger partial charge in [-0.1, -0.05) is 36.4 Å². The summed E-state index contributed by atoms with van der Waals surface area (Å²) in [5.74, 6) is 0.891. The Morgan fingerprint density at radius 1 is 1.20 bits per heavy atom. The van der Waals surface area contributed by atoms with Crippen LogP contribution in [0.25, 0.3) is 0 Å². The van der Waals surface area contributed by atoms with Gasteiger partial charge in [0.2, 0.25) is 0 Å². The molecule has 0 amide bonds. The fourth-order valence-corrected chi connectivity index (χ4v) is 2.54. The highest BCUT2D eigenvalue weighted by Crippen LogP contribution is 2.14. The number of benzene rings is 1. The molecule has 0 aliphatic heterocycles. The molecule has 0 fully saturated rings. The fourth-order valence-electron chi connectivity index (χ4n) is 2.54. The molecule has 0 atom stereocenters. The van der Waals surface area contributed by atoms with E-state index in [2.05, 4.69) is 74.7 Å². The van der Waals surface area contributed by atoms with E-state index in [9.17, 15) is 0 Å². The van der Waals surface area contributed by atoms with Gasteiger partial charge in [-0.05, 0) is 51.7 Å². The molecule has 0 aromatic heterocycles. The number of aliphatic imine (C=N–C) groups is 1. The summed E-state index contributed by atoms with van der Waals surface area (Å²) in [5, 5.41) is 6.82. The first-order chi connectivity index (χ1) is 11.5. The van der Waals surface area contributed by atoms with Crippen molar-refractivity contribution in [2.24, 2.45) is 4.99 Å². The Hall–Kier alpha value is -1.08. The number of nitrogens with zero attached hydrogens (tertiary/aromatic N) is 1. The SMILES string of the molecule is CCNC(=NCc1cccc(COC(C)(C)C)c1)NC1CC=CC1.I. The lowest BCUT2D eigenvalue weighted by Crippen LogP contribution is -2.42. The molecular weight excluding hydrogens is 425 g/mol. The second-order valence-electron chi connectivity index (χ2n) is 7.20. The van der Waals surface area contributed by atoms with Gasteiger partial charge in [0.15, 0.2) is 5.96 Å². The third-order valence-electron chi connectivity index (χ3n) is 3.78. The van der Waals surface area contributed by atoms with E-state index in [-0.39, 0.29) is 29.6 Å². The lowest BCUT2D eigenvalue weighted by Gasteiger charge is -2.19. The van der Waals surface area contributed by atoms with E-state index in [4.69, 9.17) is 9.73 Å². The van der Waals surface area contributed by atoms with Crippen LogP contribution in [0.2, 0.25) is 0 Å².